The number of imidazole rings is 1. The molecule has 0 unspecified atom stereocenters. The average molecular weight is 523 g/mol. The van der Waals surface area contributed by atoms with Crippen molar-refractivity contribution >= 4 is 28.3 Å². The maximum Gasteiger partial charge on any atom is 0.357 e. The molecule has 0 saturated heterocycles. The monoisotopic (exact) mass is 522 g/mol. The van der Waals surface area contributed by atoms with Crippen LogP contribution in [0.15, 0.2) is 64.8 Å². The van der Waals surface area contributed by atoms with Gasteiger partial charge in [0.2, 0.25) is 11.8 Å². The van der Waals surface area contributed by atoms with Gasteiger partial charge in [-0.2, -0.15) is 0 Å². The first-order chi connectivity index (χ1) is 17.7. The van der Waals surface area contributed by atoms with E-state index in [9.17, 15) is 19.5 Å². The molecule has 0 aliphatic heterocycles. The number of amides is 1. The minimum absolute atomic E-state index is 0.0464. The molecular formula is C26H26N4O6S. The van der Waals surface area contributed by atoms with Crippen molar-refractivity contribution in [3.05, 3.63) is 81.7 Å². The second-order valence-corrected chi connectivity index (χ2v) is 9.59. The highest BCUT2D eigenvalue weighted by Gasteiger charge is 2.41. The molecule has 4 aromatic rings. The summed E-state index contributed by atoms with van der Waals surface area (Å²) < 4.78 is 10.9. The topological polar surface area (TPSA) is 136 Å². The number of hydrogen-bond donors (Lipinski definition) is 3. The quantitative estimate of drug-likeness (QED) is 0.298. The fraction of sp³-hybridized carbons (Fsp3) is 0.231. The number of anilines is 1. The normalized spacial score (nSPS) is 12.1. The Morgan fingerprint density at radius 3 is 2.41 bits per heavy atom. The summed E-state index contributed by atoms with van der Waals surface area (Å²) in [7, 11) is 2.77. The number of nitrogens with zero attached hydrogens (tertiary/aromatic N) is 2. The average Bonchev–Trinajstić information content (AvgIpc) is 3.48. The molecule has 0 fully saturated rings. The third kappa shape index (κ3) is 4.98. The van der Waals surface area contributed by atoms with Gasteiger partial charge in [-0.05, 0) is 29.8 Å². The van der Waals surface area contributed by atoms with Gasteiger partial charge in [0.25, 0.3) is 0 Å². The highest BCUT2D eigenvalue weighted by atomic mass is 32.1. The molecular weight excluding hydrogens is 496 g/mol. The Labute approximate surface area is 216 Å². The molecule has 0 aliphatic carbocycles. The molecule has 1 atom stereocenters. The molecule has 0 bridgehead atoms. The summed E-state index contributed by atoms with van der Waals surface area (Å²) in [5.74, 6) is -1.02. The number of aromatic amines is 1. The van der Waals surface area contributed by atoms with Gasteiger partial charge in [-0.15, -0.1) is 11.3 Å². The van der Waals surface area contributed by atoms with Crippen LogP contribution in [0, 0.1) is 0 Å². The lowest BCUT2D eigenvalue weighted by Crippen LogP contribution is -2.43. The highest BCUT2D eigenvalue weighted by molar-refractivity contribution is 7.14. The number of aromatic hydroxyl groups is 1. The summed E-state index contributed by atoms with van der Waals surface area (Å²) in [5, 5.41) is 15.5. The molecule has 192 valence electrons. The fourth-order valence-corrected chi connectivity index (χ4v) is 4.82. The summed E-state index contributed by atoms with van der Waals surface area (Å²) >= 11 is 1.04. The van der Waals surface area contributed by atoms with Crippen LogP contribution in [-0.2, 0) is 14.9 Å². The predicted molar refractivity (Wildman–Crippen MR) is 139 cm³/mol. The summed E-state index contributed by atoms with van der Waals surface area (Å²) in [4.78, 5) is 45.6. The number of nitrogens with one attached hydrogen (secondary N) is 2. The van der Waals surface area contributed by atoms with Crippen LogP contribution in [0.3, 0.4) is 0 Å². The Kier molecular flexibility index (Phi) is 7.16. The third-order valence-corrected chi connectivity index (χ3v) is 6.88. The second kappa shape index (κ2) is 10.3. The van der Waals surface area contributed by atoms with E-state index in [-0.39, 0.29) is 16.5 Å². The van der Waals surface area contributed by atoms with E-state index in [1.807, 2.05) is 30.3 Å². The predicted octanol–water partition coefficient (Wildman–Crippen LogP) is 3.96. The fourth-order valence-electron chi connectivity index (χ4n) is 4.13. The smallest absolute Gasteiger partial charge is 0.357 e. The lowest BCUT2D eigenvalue weighted by Gasteiger charge is -2.34. The van der Waals surface area contributed by atoms with Gasteiger partial charge in [-0.3, -0.25) is 4.79 Å². The Balaban J connectivity index is 1.80. The number of thiazole rings is 1. The first kappa shape index (κ1) is 25.7. The van der Waals surface area contributed by atoms with Crippen molar-refractivity contribution < 1.29 is 24.2 Å². The van der Waals surface area contributed by atoms with Gasteiger partial charge in [-0.25, -0.2) is 19.1 Å². The molecule has 3 N–H and O–H groups in total. The molecule has 4 rings (SSSR count). The van der Waals surface area contributed by atoms with Crippen molar-refractivity contribution in [2.45, 2.75) is 25.3 Å². The zero-order chi connectivity index (χ0) is 26.7. The molecule has 2 heterocycles. The van der Waals surface area contributed by atoms with E-state index in [4.69, 9.17) is 4.74 Å². The number of rotatable bonds is 8. The minimum Gasteiger partial charge on any atom is -0.497 e. The van der Waals surface area contributed by atoms with E-state index in [2.05, 4.69) is 20.0 Å². The van der Waals surface area contributed by atoms with E-state index in [1.54, 1.807) is 38.1 Å². The minimum atomic E-state index is -1.20. The number of ether oxygens (including phenoxy) is 2. The number of esters is 1. The van der Waals surface area contributed by atoms with Crippen LogP contribution in [0.5, 0.6) is 11.6 Å². The van der Waals surface area contributed by atoms with Crippen molar-refractivity contribution in [3.63, 3.8) is 0 Å². The van der Waals surface area contributed by atoms with Gasteiger partial charge in [-0.1, -0.05) is 44.2 Å². The van der Waals surface area contributed by atoms with E-state index >= 15 is 0 Å². The standard InChI is InChI=1S/C26H26N4O6S/c1-26(2,16-8-6-5-7-9-16)20(21(31)29-24-27-18(14-37-24)23(33)36-4)30-22(32)19(28-25(30)34)15-10-12-17(35-3)13-11-15/h5-14,20,32H,1-4H3,(H,28,34)(H,27,29,31)/t20-/m1/s1. The van der Waals surface area contributed by atoms with Gasteiger partial charge in [0.05, 0.1) is 14.2 Å². The Bertz CT molecular complexity index is 1470. The first-order valence-electron chi connectivity index (χ1n) is 11.3. The number of hydrogen-bond acceptors (Lipinski definition) is 8. The number of methoxy groups -OCH3 is 2. The Hall–Kier alpha value is -4.38. The summed E-state index contributed by atoms with van der Waals surface area (Å²) in [6.45, 7) is 3.61. The molecule has 0 radical (unpaired) electrons. The van der Waals surface area contributed by atoms with Crippen molar-refractivity contribution in [1.82, 2.24) is 14.5 Å². The summed E-state index contributed by atoms with van der Waals surface area (Å²) in [5.41, 5.74) is -0.117. The van der Waals surface area contributed by atoms with Crippen LogP contribution in [0.4, 0.5) is 5.13 Å². The highest BCUT2D eigenvalue weighted by Crippen LogP contribution is 2.39. The zero-order valence-corrected chi connectivity index (χ0v) is 21.5. The molecule has 11 heteroatoms. The number of aromatic nitrogens is 3. The molecule has 37 heavy (non-hydrogen) atoms. The van der Waals surface area contributed by atoms with Gasteiger partial charge >= 0.3 is 11.7 Å². The maximum absolute atomic E-state index is 13.8. The SMILES string of the molecule is COC(=O)c1csc(NC(=O)[C@@H](n2c(O)c(-c3ccc(OC)cc3)[nH]c2=O)C(C)(C)c2ccccc2)n1. The number of carbonyl (C=O) groups excluding carboxylic acids is 2. The van der Waals surface area contributed by atoms with Crippen molar-refractivity contribution in [2.75, 3.05) is 19.5 Å². The molecule has 2 aromatic carbocycles. The molecule has 0 spiro atoms. The lowest BCUT2D eigenvalue weighted by molar-refractivity contribution is -0.121. The zero-order valence-electron chi connectivity index (χ0n) is 20.6. The van der Waals surface area contributed by atoms with Crippen LogP contribution in [-0.4, -0.2) is 45.7 Å². The van der Waals surface area contributed by atoms with Crippen molar-refractivity contribution in [2.24, 2.45) is 0 Å². The maximum atomic E-state index is 13.8. The van der Waals surface area contributed by atoms with Crippen LogP contribution in [0.1, 0.15) is 35.9 Å². The number of benzene rings is 2. The lowest BCUT2D eigenvalue weighted by atomic mass is 9.77. The third-order valence-electron chi connectivity index (χ3n) is 6.12. The summed E-state index contributed by atoms with van der Waals surface area (Å²) in [6.07, 6.45) is 0. The number of H-pyrrole nitrogens is 1. The van der Waals surface area contributed by atoms with Crippen LogP contribution in [0.25, 0.3) is 11.3 Å². The van der Waals surface area contributed by atoms with Crippen LogP contribution in [0.2, 0.25) is 0 Å². The van der Waals surface area contributed by atoms with E-state index < -0.39 is 34.9 Å². The van der Waals surface area contributed by atoms with E-state index in [1.165, 1.54) is 19.6 Å². The van der Waals surface area contributed by atoms with Crippen molar-refractivity contribution in [3.8, 4) is 22.9 Å². The van der Waals surface area contributed by atoms with Gasteiger partial charge in [0, 0.05) is 16.4 Å². The molecule has 10 nitrogen and oxygen atoms in total. The first-order valence-corrected chi connectivity index (χ1v) is 12.1. The van der Waals surface area contributed by atoms with E-state index in [0.29, 0.717) is 11.3 Å². The molecule has 2 aromatic heterocycles. The largest absolute Gasteiger partial charge is 0.497 e. The Morgan fingerprint density at radius 1 is 1.11 bits per heavy atom. The second-order valence-electron chi connectivity index (χ2n) is 8.74. The molecule has 0 aliphatic rings. The Morgan fingerprint density at radius 2 is 1.78 bits per heavy atom. The van der Waals surface area contributed by atoms with Gasteiger partial charge < -0.3 is 24.9 Å². The van der Waals surface area contributed by atoms with Crippen LogP contribution < -0.4 is 15.7 Å². The van der Waals surface area contributed by atoms with Crippen LogP contribution >= 0.6 is 11.3 Å². The van der Waals surface area contributed by atoms with Crippen molar-refractivity contribution in [1.29, 1.82) is 0 Å². The molecule has 1 amide bonds. The van der Waals surface area contributed by atoms with Gasteiger partial charge in [0.1, 0.15) is 17.5 Å². The van der Waals surface area contributed by atoms with E-state index in [0.717, 1.165) is 21.5 Å². The van der Waals surface area contributed by atoms with Gasteiger partial charge in [0.15, 0.2) is 10.8 Å². The summed E-state index contributed by atoms with van der Waals surface area (Å²) in [6, 6.07) is 14.8. The number of carbonyl (C=O) groups is 2. The molecule has 0 saturated carbocycles.